The molecule has 0 bridgehead atoms. The van der Waals surface area contributed by atoms with Crippen LogP contribution in [0.15, 0.2) is 15.6 Å². The van der Waals surface area contributed by atoms with E-state index in [-0.39, 0.29) is 17.6 Å². The van der Waals surface area contributed by atoms with Crippen LogP contribution in [0.2, 0.25) is 0 Å². The van der Waals surface area contributed by atoms with E-state index >= 15 is 0 Å². The van der Waals surface area contributed by atoms with Crippen LogP contribution < -0.4 is 10.6 Å². The number of β-lactam (4-membered cyclic amide) rings is 1. The Kier molecular flexibility index (Phi) is 7.62. The maximum atomic E-state index is 12.7. The van der Waals surface area contributed by atoms with Crippen molar-refractivity contribution >= 4 is 52.8 Å². The summed E-state index contributed by atoms with van der Waals surface area (Å²) in [6.45, 7) is 2.45. The summed E-state index contributed by atoms with van der Waals surface area (Å²) in [5.41, 5.74) is 0.712. The molecule has 1 aliphatic carbocycles. The van der Waals surface area contributed by atoms with Gasteiger partial charge in [-0.15, -0.1) is 22.0 Å². The Balaban J connectivity index is 1.31. The summed E-state index contributed by atoms with van der Waals surface area (Å²) < 4.78 is 0.770. The first-order chi connectivity index (χ1) is 15.4. The molecule has 1 unspecified atom stereocenters. The molecule has 3 heterocycles. The second kappa shape index (κ2) is 10.4. The number of carboxylic acid groups (broad SMARTS) is 1. The highest BCUT2D eigenvalue weighted by Gasteiger charge is 2.54. The zero-order valence-corrected chi connectivity index (χ0v) is 20.3. The van der Waals surface area contributed by atoms with Gasteiger partial charge in [-0.2, -0.15) is 0 Å². The van der Waals surface area contributed by atoms with Crippen LogP contribution in [0, 0.1) is 12.8 Å². The van der Waals surface area contributed by atoms with E-state index in [0.717, 1.165) is 15.8 Å². The lowest BCUT2D eigenvalue weighted by atomic mass is 9.87. The van der Waals surface area contributed by atoms with Crippen molar-refractivity contribution in [2.75, 3.05) is 18.1 Å². The quantitative estimate of drug-likeness (QED) is 0.370. The van der Waals surface area contributed by atoms with Gasteiger partial charge in [0.25, 0.3) is 5.91 Å². The standard InChI is InChI=1S/C20H27N5O4S3/c1-11-23-24-20(32-11)31-10-13-9-30-17-14(16(26)25(17)15(13)18(27)28)22-19(29)21-8-7-12-5-3-2-4-6-12/h12,14,17H,2-10H2,1H3,(H,27,28)(H2,21,22,29)/t14?,17-/m1/s1. The van der Waals surface area contributed by atoms with Crippen LogP contribution in [0.5, 0.6) is 0 Å². The molecule has 12 heteroatoms. The van der Waals surface area contributed by atoms with Gasteiger partial charge in [0.05, 0.1) is 0 Å². The fourth-order valence-corrected chi connectivity index (χ4v) is 7.64. The van der Waals surface area contributed by atoms with Crippen molar-refractivity contribution in [1.29, 1.82) is 0 Å². The number of nitrogens with one attached hydrogen (secondary N) is 2. The number of urea groups is 1. The van der Waals surface area contributed by atoms with Crippen LogP contribution in [0.4, 0.5) is 4.79 Å². The molecule has 2 atom stereocenters. The van der Waals surface area contributed by atoms with Crippen LogP contribution >= 0.6 is 34.9 Å². The van der Waals surface area contributed by atoms with Crippen LogP contribution in [-0.4, -0.2) is 67.6 Å². The van der Waals surface area contributed by atoms with Crippen molar-refractivity contribution in [2.24, 2.45) is 5.92 Å². The third-order valence-electron chi connectivity index (χ3n) is 5.98. The molecule has 2 fully saturated rings. The van der Waals surface area contributed by atoms with Gasteiger partial charge in [-0.1, -0.05) is 55.2 Å². The summed E-state index contributed by atoms with van der Waals surface area (Å²) >= 11 is 4.35. The van der Waals surface area contributed by atoms with Crippen LogP contribution in [0.1, 0.15) is 43.5 Å². The lowest BCUT2D eigenvalue weighted by Crippen LogP contribution is -2.71. The molecule has 3 aliphatic rings. The number of fused-ring (bicyclic) bond motifs is 1. The summed E-state index contributed by atoms with van der Waals surface area (Å²) in [4.78, 5) is 38.3. The second-order valence-electron chi connectivity index (χ2n) is 8.21. The van der Waals surface area contributed by atoms with E-state index in [0.29, 0.717) is 29.5 Å². The number of carbonyl (C=O) groups excluding carboxylic acids is 2. The smallest absolute Gasteiger partial charge is 0.352 e. The van der Waals surface area contributed by atoms with E-state index in [4.69, 9.17) is 0 Å². The van der Waals surface area contributed by atoms with Crippen molar-refractivity contribution in [1.82, 2.24) is 25.7 Å². The van der Waals surface area contributed by atoms with Crippen molar-refractivity contribution in [2.45, 2.75) is 61.2 Å². The van der Waals surface area contributed by atoms with E-state index in [2.05, 4.69) is 20.8 Å². The molecule has 1 aromatic heterocycles. The van der Waals surface area contributed by atoms with E-state index < -0.39 is 17.4 Å². The first kappa shape index (κ1) is 23.4. The third-order valence-corrected chi connectivity index (χ3v) is 9.37. The Bertz CT molecular complexity index is 915. The lowest BCUT2D eigenvalue weighted by Gasteiger charge is -2.49. The Morgan fingerprint density at radius 3 is 2.72 bits per heavy atom. The predicted octanol–water partition coefficient (Wildman–Crippen LogP) is 2.83. The average molecular weight is 498 g/mol. The molecule has 1 aromatic rings. The van der Waals surface area contributed by atoms with Crippen molar-refractivity contribution in [3.05, 3.63) is 16.3 Å². The van der Waals surface area contributed by atoms with E-state index in [9.17, 15) is 19.5 Å². The number of aryl methyl sites for hydroxylation is 1. The molecular weight excluding hydrogens is 470 g/mol. The topological polar surface area (TPSA) is 125 Å². The van der Waals surface area contributed by atoms with Gasteiger partial charge in [0.2, 0.25) is 0 Å². The average Bonchev–Trinajstić information content (AvgIpc) is 3.21. The highest BCUT2D eigenvalue weighted by molar-refractivity contribution is 8.01. The summed E-state index contributed by atoms with van der Waals surface area (Å²) in [5, 5.41) is 23.8. The number of hydrogen-bond acceptors (Lipinski definition) is 8. The number of hydrogen-bond donors (Lipinski definition) is 3. The van der Waals surface area contributed by atoms with Gasteiger partial charge in [0.1, 0.15) is 22.1 Å². The first-order valence-electron chi connectivity index (χ1n) is 10.8. The molecule has 2 aliphatic heterocycles. The maximum Gasteiger partial charge on any atom is 0.352 e. The lowest BCUT2D eigenvalue weighted by molar-refractivity contribution is -0.148. The highest BCUT2D eigenvalue weighted by atomic mass is 32.2. The van der Waals surface area contributed by atoms with Crippen LogP contribution in [0.25, 0.3) is 0 Å². The fraction of sp³-hybridized carbons (Fsp3) is 0.650. The monoisotopic (exact) mass is 497 g/mol. The van der Waals surface area contributed by atoms with Crippen molar-refractivity contribution in [3.63, 3.8) is 0 Å². The Labute approximate surface area is 199 Å². The minimum Gasteiger partial charge on any atom is -0.477 e. The van der Waals surface area contributed by atoms with Gasteiger partial charge in [-0.05, 0) is 24.8 Å². The number of thioether (sulfide) groups is 2. The molecular formula is C20H27N5O4S3. The summed E-state index contributed by atoms with van der Waals surface area (Å²) in [6.07, 6.45) is 7.24. The second-order valence-corrected chi connectivity index (χ2v) is 11.7. The molecule has 32 heavy (non-hydrogen) atoms. The fourth-order valence-electron chi connectivity index (χ4n) is 4.34. The Morgan fingerprint density at radius 1 is 1.25 bits per heavy atom. The summed E-state index contributed by atoms with van der Waals surface area (Å²) in [5.74, 6) is 0.0868. The zero-order valence-electron chi connectivity index (χ0n) is 17.8. The largest absolute Gasteiger partial charge is 0.477 e. The highest BCUT2D eigenvalue weighted by Crippen LogP contribution is 2.41. The minimum absolute atomic E-state index is 0.0308. The van der Waals surface area contributed by atoms with Gasteiger partial charge in [0.15, 0.2) is 4.34 Å². The maximum absolute atomic E-state index is 12.7. The van der Waals surface area contributed by atoms with Crippen LogP contribution in [-0.2, 0) is 9.59 Å². The number of carboxylic acids is 1. The normalized spacial score (nSPS) is 23.5. The molecule has 3 N–H and O–H groups in total. The number of aromatic nitrogens is 2. The predicted molar refractivity (Wildman–Crippen MR) is 125 cm³/mol. The molecule has 0 radical (unpaired) electrons. The molecule has 1 saturated heterocycles. The first-order valence-corrected chi connectivity index (χ1v) is 13.7. The van der Waals surface area contributed by atoms with Gasteiger partial charge in [-0.3, -0.25) is 9.69 Å². The van der Waals surface area contributed by atoms with Gasteiger partial charge >= 0.3 is 12.0 Å². The molecule has 4 rings (SSSR count). The van der Waals surface area contributed by atoms with Gasteiger partial charge in [0, 0.05) is 18.1 Å². The SMILES string of the molecule is Cc1nnc(SCC2=C(C(=O)O)N3C(=O)C(NC(=O)NCCC4CCCCC4)[C@H]3SC2)s1. The molecule has 3 amide bonds. The number of rotatable bonds is 8. The van der Waals surface area contributed by atoms with E-state index in [1.807, 2.05) is 6.92 Å². The summed E-state index contributed by atoms with van der Waals surface area (Å²) in [6, 6.07) is -1.07. The number of amides is 3. The molecule has 0 spiro atoms. The van der Waals surface area contributed by atoms with Gasteiger partial charge in [-0.25, -0.2) is 9.59 Å². The molecule has 0 aromatic carbocycles. The minimum atomic E-state index is -1.12. The van der Waals surface area contributed by atoms with Crippen molar-refractivity contribution in [3.8, 4) is 0 Å². The zero-order chi connectivity index (χ0) is 22.7. The third kappa shape index (κ3) is 5.23. The summed E-state index contributed by atoms with van der Waals surface area (Å²) in [7, 11) is 0. The van der Waals surface area contributed by atoms with Crippen LogP contribution in [0.3, 0.4) is 0 Å². The van der Waals surface area contributed by atoms with Crippen molar-refractivity contribution < 1.29 is 19.5 Å². The van der Waals surface area contributed by atoms with E-state index in [1.54, 1.807) is 0 Å². The molecule has 174 valence electrons. The molecule has 9 nitrogen and oxygen atoms in total. The molecule has 1 saturated carbocycles. The Hall–Kier alpha value is -1.79. The van der Waals surface area contributed by atoms with E-state index in [1.165, 1.54) is 71.9 Å². The Morgan fingerprint density at radius 2 is 2.03 bits per heavy atom. The number of carbonyl (C=O) groups is 3. The number of aliphatic carboxylic acids is 1. The number of nitrogens with zero attached hydrogens (tertiary/aromatic N) is 3. The van der Waals surface area contributed by atoms with Gasteiger partial charge < -0.3 is 15.7 Å².